The Morgan fingerprint density at radius 2 is 1.91 bits per heavy atom. The second kappa shape index (κ2) is 5.33. The third-order valence-corrected chi connectivity index (χ3v) is 4.28. The molecule has 1 fully saturated rings. The summed E-state index contributed by atoms with van der Waals surface area (Å²) < 4.78 is 0. The van der Waals surface area contributed by atoms with E-state index in [-0.39, 0.29) is 12.6 Å². The van der Waals surface area contributed by atoms with Gasteiger partial charge in [-0.3, -0.25) is 4.79 Å². The van der Waals surface area contributed by atoms with Gasteiger partial charge in [-0.05, 0) is 36.2 Å². The van der Waals surface area contributed by atoms with Crippen LogP contribution in [0.15, 0.2) is 42.5 Å². The van der Waals surface area contributed by atoms with Crippen LogP contribution in [0.4, 0.5) is 10.5 Å². The summed E-state index contributed by atoms with van der Waals surface area (Å²) in [5, 5.41) is 14.2. The van der Waals surface area contributed by atoms with Gasteiger partial charge in [-0.2, -0.15) is 0 Å². The molecule has 1 aliphatic heterocycles. The van der Waals surface area contributed by atoms with E-state index in [0.717, 1.165) is 10.8 Å². The summed E-state index contributed by atoms with van der Waals surface area (Å²) in [6, 6.07) is 13.4. The summed E-state index contributed by atoms with van der Waals surface area (Å²) in [5.41, 5.74) is -0.131. The molecule has 5 nitrogen and oxygen atoms in total. The summed E-state index contributed by atoms with van der Waals surface area (Å²) in [5.74, 6) is -0.853. The summed E-state index contributed by atoms with van der Waals surface area (Å²) >= 11 is 0. The molecule has 1 atom stereocenters. The van der Waals surface area contributed by atoms with Gasteiger partial charge in [0.05, 0.1) is 5.41 Å². The first-order valence-corrected chi connectivity index (χ1v) is 7.26. The van der Waals surface area contributed by atoms with Crippen molar-refractivity contribution in [3.63, 3.8) is 0 Å². The highest BCUT2D eigenvalue weighted by molar-refractivity contribution is 5.94. The molecule has 3 rings (SSSR count). The average Bonchev–Trinajstić information content (AvgIpc) is 2.91. The summed E-state index contributed by atoms with van der Waals surface area (Å²) in [4.78, 5) is 25.1. The van der Waals surface area contributed by atoms with Gasteiger partial charge in [-0.1, -0.05) is 30.3 Å². The van der Waals surface area contributed by atoms with Crippen molar-refractivity contribution in [2.75, 3.05) is 18.4 Å². The Kier molecular flexibility index (Phi) is 3.48. The van der Waals surface area contributed by atoms with Crippen LogP contribution in [-0.2, 0) is 4.79 Å². The highest BCUT2D eigenvalue weighted by Crippen LogP contribution is 2.30. The van der Waals surface area contributed by atoms with E-state index in [1.807, 2.05) is 42.5 Å². The number of fused-ring (bicyclic) bond motifs is 1. The molecule has 2 aromatic rings. The number of amides is 2. The van der Waals surface area contributed by atoms with Crippen molar-refractivity contribution in [2.45, 2.75) is 13.3 Å². The maximum Gasteiger partial charge on any atom is 0.321 e. The van der Waals surface area contributed by atoms with Crippen LogP contribution in [0.3, 0.4) is 0 Å². The molecular formula is C17H18N2O3. The zero-order chi connectivity index (χ0) is 15.7. The molecule has 0 bridgehead atoms. The lowest BCUT2D eigenvalue weighted by atomic mass is 9.90. The van der Waals surface area contributed by atoms with E-state index >= 15 is 0 Å². The summed E-state index contributed by atoms with van der Waals surface area (Å²) in [6.07, 6.45) is 0.480. The van der Waals surface area contributed by atoms with Crippen LogP contribution in [0, 0.1) is 5.41 Å². The van der Waals surface area contributed by atoms with E-state index in [4.69, 9.17) is 0 Å². The van der Waals surface area contributed by atoms with Gasteiger partial charge in [0.15, 0.2) is 0 Å². The van der Waals surface area contributed by atoms with Gasteiger partial charge in [-0.25, -0.2) is 4.79 Å². The monoisotopic (exact) mass is 298 g/mol. The largest absolute Gasteiger partial charge is 0.481 e. The number of hydrogen-bond acceptors (Lipinski definition) is 2. The van der Waals surface area contributed by atoms with Crippen LogP contribution in [0.2, 0.25) is 0 Å². The SMILES string of the molecule is CC1(C(=O)O)CCN(C(=O)Nc2ccc3ccccc3c2)C1. The van der Waals surface area contributed by atoms with E-state index in [1.165, 1.54) is 0 Å². The van der Waals surface area contributed by atoms with E-state index in [9.17, 15) is 14.7 Å². The van der Waals surface area contributed by atoms with Gasteiger partial charge in [-0.15, -0.1) is 0 Å². The highest BCUT2D eigenvalue weighted by Gasteiger charge is 2.42. The van der Waals surface area contributed by atoms with Gasteiger partial charge < -0.3 is 15.3 Å². The van der Waals surface area contributed by atoms with Crippen molar-refractivity contribution < 1.29 is 14.7 Å². The molecule has 22 heavy (non-hydrogen) atoms. The van der Waals surface area contributed by atoms with E-state index in [0.29, 0.717) is 18.7 Å². The average molecular weight is 298 g/mol. The standard InChI is InChI=1S/C17H18N2O3/c1-17(15(20)21)8-9-19(11-17)16(22)18-14-7-6-12-4-2-3-5-13(12)10-14/h2-7,10H,8-9,11H2,1H3,(H,18,22)(H,20,21). The molecule has 0 aliphatic carbocycles. The topological polar surface area (TPSA) is 69.6 Å². The molecule has 1 unspecified atom stereocenters. The zero-order valence-corrected chi connectivity index (χ0v) is 12.4. The Balaban J connectivity index is 1.72. The van der Waals surface area contributed by atoms with Gasteiger partial charge in [0, 0.05) is 18.8 Å². The predicted molar refractivity (Wildman–Crippen MR) is 84.9 cm³/mol. The lowest BCUT2D eigenvalue weighted by Gasteiger charge is -2.20. The van der Waals surface area contributed by atoms with E-state index < -0.39 is 11.4 Å². The fraction of sp³-hybridized carbons (Fsp3) is 0.294. The van der Waals surface area contributed by atoms with Gasteiger partial charge >= 0.3 is 12.0 Å². The molecule has 5 heteroatoms. The quantitative estimate of drug-likeness (QED) is 0.894. The Morgan fingerprint density at radius 3 is 2.59 bits per heavy atom. The number of carbonyl (C=O) groups is 2. The smallest absolute Gasteiger partial charge is 0.321 e. The molecule has 2 amide bonds. The summed E-state index contributed by atoms with van der Waals surface area (Å²) in [7, 11) is 0. The maximum atomic E-state index is 12.3. The number of hydrogen-bond donors (Lipinski definition) is 2. The van der Waals surface area contributed by atoms with Crippen LogP contribution in [0.1, 0.15) is 13.3 Å². The van der Waals surface area contributed by atoms with Crippen molar-refractivity contribution in [3.05, 3.63) is 42.5 Å². The fourth-order valence-corrected chi connectivity index (χ4v) is 2.78. The van der Waals surface area contributed by atoms with Crippen LogP contribution >= 0.6 is 0 Å². The predicted octanol–water partition coefficient (Wildman–Crippen LogP) is 3.17. The molecule has 1 heterocycles. The number of urea groups is 1. The minimum atomic E-state index is -0.853. The molecule has 0 spiro atoms. The molecular weight excluding hydrogens is 280 g/mol. The van der Waals surface area contributed by atoms with Gasteiger partial charge in [0.1, 0.15) is 0 Å². The number of aliphatic carboxylic acids is 1. The highest BCUT2D eigenvalue weighted by atomic mass is 16.4. The lowest BCUT2D eigenvalue weighted by Crippen LogP contribution is -2.37. The Bertz CT molecular complexity index is 744. The first-order valence-electron chi connectivity index (χ1n) is 7.26. The molecule has 2 aromatic carbocycles. The Hall–Kier alpha value is -2.56. The first kappa shape index (κ1) is 14.4. The minimum absolute atomic E-state index is 0.238. The number of nitrogens with zero attached hydrogens (tertiary/aromatic N) is 1. The zero-order valence-electron chi connectivity index (χ0n) is 12.4. The van der Waals surface area contributed by atoms with Crippen LogP contribution in [0.5, 0.6) is 0 Å². The third kappa shape index (κ3) is 2.62. The van der Waals surface area contributed by atoms with Crippen molar-refractivity contribution >= 4 is 28.5 Å². The second-order valence-electron chi connectivity index (χ2n) is 6.03. The molecule has 114 valence electrons. The third-order valence-electron chi connectivity index (χ3n) is 4.28. The van der Waals surface area contributed by atoms with Crippen molar-refractivity contribution in [2.24, 2.45) is 5.41 Å². The Labute approximate surface area is 128 Å². The van der Waals surface area contributed by atoms with E-state index in [1.54, 1.807) is 11.8 Å². The molecule has 0 saturated carbocycles. The van der Waals surface area contributed by atoms with Crippen LogP contribution in [-0.4, -0.2) is 35.1 Å². The normalized spacial score (nSPS) is 21.0. The van der Waals surface area contributed by atoms with Gasteiger partial charge in [0.2, 0.25) is 0 Å². The number of carboxylic acids is 1. The number of benzene rings is 2. The van der Waals surface area contributed by atoms with E-state index in [2.05, 4.69) is 5.32 Å². The second-order valence-corrected chi connectivity index (χ2v) is 6.03. The van der Waals surface area contributed by atoms with Gasteiger partial charge in [0.25, 0.3) is 0 Å². The molecule has 2 N–H and O–H groups in total. The lowest BCUT2D eigenvalue weighted by molar-refractivity contribution is -0.146. The molecule has 0 radical (unpaired) electrons. The number of likely N-dealkylation sites (tertiary alicyclic amines) is 1. The Morgan fingerprint density at radius 1 is 1.18 bits per heavy atom. The maximum absolute atomic E-state index is 12.3. The number of carboxylic acid groups (broad SMARTS) is 1. The minimum Gasteiger partial charge on any atom is -0.481 e. The molecule has 1 aliphatic rings. The summed E-state index contributed by atoms with van der Waals surface area (Å²) in [6.45, 7) is 2.38. The van der Waals surface area contributed by atoms with Crippen LogP contribution < -0.4 is 5.32 Å². The van der Waals surface area contributed by atoms with Crippen molar-refractivity contribution in [1.82, 2.24) is 4.90 Å². The number of carbonyl (C=O) groups excluding carboxylic acids is 1. The van der Waals surface area contributed by atoms with Crippen LogP contribution in [0.25, 0.3) is 10.8 Å². The fourth-order valence-electron chi connectivity index (χ4n) is 2.78. The number of anilines is 1. The number of rotatable bonds is 2. The molecule has 1 saturated heterocycles. The van der Waals surface area contributed by atoms with Crippen molar-refractivity contribution in [1.29, 1.82) is 0 Å². The number of nitrogens with one attached hydrogen (secondary N) is 1. The first-order chi connectivity index (χ1) is 10.5. The molecule has 0 aromatic heterocycles. The van der Waals surface area contributed by atoms with Crippen molar-refractivity contribution in [3.8, 4) is 0 Å².